The minimum atomic E-state index is -0.809. The number of nitrogens with zero attached hydrogens (tertiary/aromatic N) is 1. The number of likely N-dealkylation sites (N-methyl/N-ethyl adjacent to an activating group) is 1. The normalized spacial score (nSPS) is 25.3. The first-order valence-electron chi connectivity index (χ1n) is 9.09. The van der Waals surface area contributed by atoms with Crippen molar-refractivity contribution in [2.24, 2.45) is 5.41 Å². The zero-order valence-electron chi connectivity index (χ0n) is 14.6. The highest BCUT2D eigenvalue weighted by Gasteiger charge is 2.36. The van der Waals surface area contributed by atoms with Gasteiger partial charge in [-0.05, 0) is 44.1 Å². The van der Waals surface area contributed by atoms with E-state index in [1.54, 1.807) is 0 Å². The minimum Gasteiger partial charge on any atom is -0.480 e. The van der Waals surface area contributed by atoms with E-state index in [-0.39, 0.29) is 36.7 Å². The minimum absolute atomic E-state index is 0.0593. The standard InChI is InChI=1S/C17H31N3O4/c1-2-20(11-15(22)23)14-9-13(10-14)19-16(24)18-12-17(7-8-21)5-3-4-6-17/h13-14,21H,2-12H2,1H3,(H,22,23)(H2,18,19,24). The van der Waals surface area contributed by atoms with Crippen LogP contribution in [-0.2, 0) is 4.79 Å². The predicted molar refractivity (Wildman–Crippen MR) is 90.8 cm³/mol. The Morgan fingerprint density at radius 3 is 2.46 bits per heavy atom. The number of aliphatic hydroxyl groups excluding tert-OH is 1. The monoisotopic (exact) mass is 341 g/mol. The van der Waals surface area contributed by atoms with Gasteiger partial charge in [-0.1, -0.05) is 19.8 Å². The number of amides is 2. The molecule has 7 heteroatoms. The van der Waals surface area contributed by atoms with Crippen LogP contribution in [0.1, 0.15) is 51.9 Å². The summed E-state index contributed by atoms with van der Waals surface area (Å²) in [5, 5.41) is 24.1. The summed E-state index contributed by atoms with van der Waals surface area (Å²) in [5.41, 5.74) is 0.0642. The van der Waals surface area contributed by atoms with E-state index in [0.717, 1.165) is 32.1 Å². The van der Waals surface area contributed by atoms with Crippen LogP contribution in [0.5, 0.6) is 0 Å². The molecule has 0 bridgehead atoms. The average molecular weight is 341 g/mol. The van der Waals surface area contributed by atoms with Crippen molar-refractivity contribution in [3.05, 3.63) is 0 Å². The Morgan fingerprint density at radius 2 is 1.92 bits per heavy atom. The van der Waals surface area contributed by atoms with Crippen LogP contribution in [0, 0.1) is 5.41 Å². The first-order chi connectivity index (χ1) is 11.5. The molecule has 2 rings (SSSR count). The number of carbonyl (C=O) groups excluding carboxylic acids is 1. The van der Waals surface area contributed by atoms with Gasteiger partial charge in [0.15, 0.2) is 0 Å². The van der Waals surface area contributed by atoms with Gasteiger partial charge in [0, 0.05) is 25.2 Å². The molecule has 2 fully saturated rings. The Morgan fingerprint density at radius 1 is 1.25 bits per heavy atom. The van der Waals surface area contributed by atoms with Gasteiger partial charge >= 0.3 is 12.0 Å². The van der Waals surface area contributed by atoms with Crippen LogP contribution in [0.15, 0.2) is 0 Å². The van der Waals surface area contributed by atoms with Crippen LogP contribution in [0.4, 0.5) is 4.79 Å². The van der Waals surface area contributed by atoms with E-state index in [0.29, 0.717) is 13.1 Å². The fraction of sp³-hybridized carbons (Fsp3) is 0.882. The van der Waals surface area contributed by atoms with E-state index >= 15 is 0 Å². The van der Waals surface area contributed by atoms with Gasteiger partial charge in [0.25, 0.3) is 0 Å². The van der Waals surface area contributed by atoms with Crippen LogP contribution in [0.25, 0.3) is 0 Å². The van der Waals surface area contributed by atoms with Gasteiger partial charge in [0.2, 0.25) is 0 Å². The number of carbonyl (C=O) groups is 2. The lowest BCUT2D eigenvalue weighted by molar-refractivity contribution is -0.139. The molecule has 0 heterocycles. The summed E-state index contributed by atoms with van der Waals surface area (Å²) in [7, 11) is 0. The Labute approximate surface area is 143 Å². The van der Waals surface area contributed by atoms with Crippen molar-refractivity contribution in [2.45, 2.75) is 64.0 Å². The second-order valence-corrected chi connectivity index (χ2v) is 7.29. The van der Waals surface area contributed by atoms with Crippen molar-refractivity contribution in [3.63, 3.8) is 0 Å². The second kappa shape index (κ2) is 8.67. The van der Waals surface area contributed by atoms with E-state index in [9.17, 15) is 14.7 Å². The number of nitrogens with one attached hydrogen (secondary N) is 2. The molecular weight excluding hydrogens is 310 g/mol. The molecular formula is C17H31N3O4. The lowest BCUT2D eigenvalue weighted by Crippen LogP contribution is -2.56. The molecule has 0 atom stereocenters. The number of rotatable bonds is 9. The molecule has 7 nitrogen and oxygen atoms in total. The summed E-state index contributed by atoms with van der Waals surface area (Å²) < 4.78 is 0. The Kier molecular flexibility index (Phi) is 6.86. The molecule has 138 valence electrons. The fourth-order valence-corrected chi connectivity index (χ4v) is 4.06. The van der Waals surface area contributed by atoms with E-state index in [4.69, 9.17) is 5.11 Å². The molecule has 0 aromatic rings. The molecule has 0 aromatic heterocycles. The maximum absolute atomic E-state index is 12.1. The first kappa shape index (κ1) is 19.0. The number of carboxylic acid groups (broad SMARTS) is 1. The Bertz CT molecular complexity index is 432. The summed E-state index contributed by atoms with van der Waals surface area (Å²) in [6.07, 6.45) is 6.83. The van der Waals surface area contributed by atoms with E-state index in [2.05, 4.69) is 10.6 Å². The number of hydrogen-bond donors (Lipinski definition) is 4. The van der Waals surface area contributed by atoms with Crippen molar-refractivity contribution in [3.8, 4) is 0 Å². The van der Waals surface area contributed by atoms with Gasteiger partial charge in [-0.25, -0.2) is 4.79 Å². The molecule has 0 unspecified atom stereocenters. The highest BCUT2D eigenvalue weighted by atomic mass is 16.4. The molecule has 0 aromatic carbocycles. The third-order valence-corrected chi connectivity index (χ3v) is 5.64. The predicted octanol–water partition coefficient (Wildman–Crippen LogP) is 1.17. The van der Waals surface area contributed by atoms with Gasteiger partial charge in [-0.2, -0.15) is 0 Å². The first-order valence-corrected chi connectivity index (χ1v) is 9.09. The van der Waals surface area contributed by atoms with Crippen molar-refractivity contribution in [2.75, 3.05) is 26.2 Å². The zero-order chi connectivity index (χ0) is 17.6. The SMILES string of the molecule is CCN(CC(=O)O)C1CC(NC(=O)NCC2(CCO)CCCC2)C1. The summed E-state index contributed by atoms with van der Waals surface area (Å²) in [5.74, 6) is -0.809. The molecule has 2 aliphatic carbocycles. The highest BCUT2D eigenvalue weighted by Crippen LogP contribution is 2.40. The summed E-state index contributed by atoms with van der Waals surface area (Å²) in [6, 6.07) is 0.214. The number of hydrogen-bond acceptors (Lipinski definition) is 4. The fourth-order valence-electron chi connectivity index (χ4n) is 4.06. The Balaban J connectivity index is 1.68. The van der Waals surface area contributed by atoms with Gasteiger partial charge < -0.3 is 20.8 Å². The average Bonchev–Trinajstić information content (AvgIpc) is 2.95. The molecule has 2 aliphatic rings. The molecule has 2 amide bonds. The molecule has 2 saturated carbocycles. The van der Waals surface area contributed by atoms with Gasteiger partial charge in [0.1, 0.15) is 0 Å². The van der Waals surface area contributed by atoms with Gasteiger partial charge in [-0.3, -0.25) is 9.69 Å². The quantitative estimate of drug-likeness (QED) is 0.504. The third kappa shape index (κ3) is 5.08. The van der Waals surface area contributed by atoms with Crippen LogP contribution >= 0.6 is 0 Å². The zero-order valence-corrected chi connectivity index (χ0v) is 14.6. The van der Waals surface area contributed by atoms with E-state index in [1.165, 1.54) is 12.8 Å². The molecule has 0 saturated heterocycles. The van der Waals surface area contributed by atoms with Crippen LogP contribution in [0.3, 0.4) is 0 Å². The Hall–Kier alpha value is -1.34. The second-order valence-electron chi connectivity index (χ2n) is 7.29. The van der Waals surface area contributed by atoms with E-state index < -0.39 is 5.97 Å². The largest absolute Gasteiger partial charge is 0.480 e. The van der Waals surface area contributed by atoms with Crippen LogP contribution in [0.2, 0.25) is 0 Å². The molecule has 0 aliphatic heterocycles. The van der Waals surface area contributed by atoms with Crippen molar-refractivity contribution in [1.82, 2.24) is 15.5 Å². The number of urea groups is 1. The van der Waals surface area contributed by atoms with Crippen molar-refractivity contribution in [1.29, 1.82) is 0 Å². The number of aliphatic carboxylic acids is 1. The van der Waals surface area contributed by atoms with Crippen LogP contribution < -0.4 is 10.6 Å². The van der Waals surface area contributed by atoms with Gasteiger partial charge in [-0.15, -0.1) is 0 Å². The van der Waals surface area contributed by atoms with Crippen molar-refractivity contribution >= 4 is 12.0 Å². The lowest BCUT2D eigenvalue weighted by Gasteiger charge is -2.42. The smallest absolute Gasteiger partial charge is 0.317 e. The molecule has 0 spiro atoms. The maximum Gasteiger partial charge on any atom is 0.317 e. The van der Waals surface area contributed by atoms with Crippen molar-refractivity contribution < 1.29 is 19.8 Å². The highest BCUT2D eigenvalue weighted by molar-refractivity contribution is 5.74. The summed E-state index contributed by atoms with van der Waals surface area (Å²) >= 11 is 0. The lowest BCUT2D eigenvalue weighted by atomic mass is 9.83. The molecule has 0 radical (unpaired) electrons. The molecule has 4 N–H and O–H groups in total. The van der Waals surface area contributed by atoms with Crippen LogP contribution in [-0.4, -0.2) is 65.4 Å². The maximum atomic E-state index is 12.1. The molecule has 24 heavy (non-hydrogen) atoms. The third-order valence-electron chi connectivity index (χ3n) is 5.64. The summed E-state index contributed by atoms with van der Waals surface area (Å²) in [4.78, 5) is 24.8. The van der Waals surface area contributed by atoms with Gasteiger partial charge in [0.05, 0.1) is 6.54 Å². The van der Waals surface area contributed by atoms with E-state index in [1.807, 2.05) is 11.8 Å². The summed E-state index contributed by atoms with van der Waals surface area (Å²) in [6.45, 7) is 3.52. The number of carboxylic acids is 1. The number of aliphatic hydroxyl groups is 1. The topological polar surface area (TPSA) is 102 Å².